The summed E-state index contributed by atoms with van der Waals surface area (Å²) in [4.78, 5) is 14.2. The SMILES string of the molecule is COc1cccc(C(CNC(=O)COc2ccccc2OC)N(C)C)c1. The minimum absolute atomic E-state index is 0.0281. The molecular weight excluding hydrogens is 332 g/mol. The molecule has 6 heteroatoms. The van der Waals surface area contributed by atoms with Crippen LogP contribution in [0.3, 0.4) is 0 Å². The maximum Gasteiger partial charge on any atom is 0.258 e. The Morgan fingerprint density at radius 2 is 1.77 bits per heavy atom. The molecule has 1 amide bonds. The van der Waals surface area contributed by atoms with Gasteiger partial charge in [0, 0.05) is 6.54 Å². The predicted octanol–water partition coefficient (Wildman–Crippen LogP) is 2.50. The Morgan fingerprint density at radius 3 is 2.42 bits per heavy atom. The second-order valence-corrected chi connectivity index (χ2v) is 6.00. The molecule has 2 aromatic carbocycles. The zero-order chi connectivity index (χ0) is 18.9. The summed E-state index contributed by atoms with van der Waals surface area (Å²) in [6.07, 6.45) is 0. The van der Waals surface area contributed by atoms with Crippen molar-refractivity contribution in [2.24, 2.45) is 0 Å². The summed E-state index contributed by atoms with van der Waals surface area (Å²) < 4.78 is 16.0. The van der Waals surface area contributed by atoms with E-state index in [9.17, 15) is 4.79 Å². The summed E-state index contributed by atoms with van der Waals surface area (Å²) in [5.74, 6) is 1.75. The molecule has 0 radical (unpaired) electrons. The van der Waals surface area contributed by atoms with E-state index < -0.39 is 0 Å². The average Bonchev–Trinajstić information content (AvgIpc) is 2.66. The van der Waals surface area contributed by atoms with Gasteiger partial charge >= 0.3 is 0 Å². The Labute approximate surface area is 154 Å². The summed E-state index contributed by atoms with van der Waals surface area (Å²) >= 11 is 0. The van der Waals surface area contributed by atoms with Crippen LogP contribution in [-0.4, -0.2) is 52.3 Å². The Hall–Kier alpha value is -2.73. The fourth-order valence-electron chi connectivity index (χ4n) is 2.59. The Bertz CT molecular complexity index is 718. The highest BCUT2D eigenvalue weighted by Crippen LogP contribution is 2.25. The molecule has 2 aromatic rings. The summed E-state index contributed by atoms with van der Waals surface area (Å²) in [6.45, 7) is 0.396. The molecule has 0 aliphatic heterocycles. The fourth-order valence-corrected chi connectivity index (χ4v) is 2.59. The van der Waals surface area contributed by atoms with E-state index in [1.165, 1.54) is 0 Å². The van der Waals surface area contributed by atoms with E-state index in [0.29, 0.717) is 18.0 Å². The monoisotopic (exact) mass is 358 g/mol. The molecule has 0 aliphatic carbocycles. The van der Waals surface area contributed by atoms with Crippen LogP contribution in [-0.2, 0) is 4.79 Å². The van der Waals surface area contributed by atoms with Gasteiger partial charge in [-0.05, 0) is 43.9 Å². The lowest BCUT2D eigenvalue weighted by atomic mass is 10.1. The molecule has 0 saturated carbocycles. The van der Waals surface area contributed by atoms with Crippen molar-refractivity contribution < 1.29 is 19.0 Å². The first-order chi connectivity index (χ1) is 12.5. The van der Waals surface area contributed by atoms with Crippen molar-refractivity contribution >= 4 is 5.91 Å². The molecular formula is C20H26N2O4. The van der Waals surface area contributed by atoms with Gasteiger partial charge in [-0.2, -0.15) is 0 Å². The van der Waals surface area contributed by atoms with E-state index in [-0.39, 0.29) is 18.6 Å². The Kier molecular flexibility index (Phi) is 7.29. The van der Waals surface area contributed by atoms with Gasteiger partial charge in [0.05, 0.1) is 20.3 Å². The summed E-state index contributed by atoms with van der Waals surface area (Å²) in [5.41, 5.74) is 1.07. The van der Waals surface area contributed by atoms with E-state index in [4.69, 9.17) is 14.2 Å². The topological polar surface area (TPSA) is 60.0 Å². The second kappa shape index (κ2) is 9.68. The van der Waals surface area contributed by atoms with E-state index in [2.05, 4.69) is 10.2 Å². The molecule has 0 bridgehead atoms. The molecule has 0 saturated heterocycles. The van der Waals surface area contributed by atoms with Gasteiger partial charge in [-0.1, -0.05) is 24.3 Å². The van der Waals surface area contributed by atoms with Crippen LogP contribution in [0.2, 0.25) is 0 Å². The zero-order valence-electron chi connectivity index (χ0n) is 15.7. The molecule has 140 valence electrons. The van der Waals surface area contributed by atoms with Crippen molar-refractivity contribution in [3.05, 3.63) is 54.1 Å². The number of methoxy groups -OCH3 is 2. The van der Waals surface area contributed by atoms with Crippen LogP contribution in [0.25, 0.3) is 0 Å². The third kappa shape index (κ3) is 5.39. The van der Waals surface area contributed by atoms with Crippen LogP contribution in [0, 0.1) is 0 Å². The number of carbonyl (C=O) groups is 1. The number of rotatable bonds is 9. The first kappa shape index (κ1) is 19.6. The maximum atomic E-state index is 12.2. The van der Waals surface area contributed by atoms with Gasteiger partial charge in [-0.15, -0.1) is 0 Å². The van der Waals surface area contributed by atoms with Crippen LogP contribution in [0.4, 0.5) is 0 Å². The number of carbonyl (C=O) groups excluding carboxylic acids is 1. The lowest BCUT2D eigenvalue weighted by Gasteiger charge is -2.25. The van der Waals surface area contributed by atoms with Crippen LogP contribution in [0.5, 0.6) is 17.2 Å². The Morgan fingerprint density at radius 1 is 1.04 bits per heavy atom. The average molecular weight is 358 g/mol. The van der Waals surface area contributed by atoms with Gasteiger partial charge in [-0.3, -0.25) is 4.79 Å². The normalized spacial score (nSPS) is 11.7. The molecule has 0 aliphatic rings. The smallest absolute Gasteiger partial charge is 0.258 e. The number of nitrogens with zero attached hydrogens (tertiary/aromatic N) is 1. The number of hydrogen-bond acceptors (Lipinski definition) is 5. The van der Waals surface area contributed by atoms with Crippen molar-refractivity contribution in [2.45, 2.75) is 6.04 Å². The third-order valence-corrected chi connectivity index (χ3v) is 4.02. The highest BCUT2D eigenvalue weighted by atomic mass is 16.5. The van der Waals surface area contributed by atoms with Gasteiger partial charge in [0.1, 0.15) is 5.75 Å². The summed E-state index contributed by atoms with van der Waals surface area (Å²) in [6, 6.07) is 15.1. The predicted molar refractivity (Wildman–Crippen MR) is 101 cm³/mol. The number of ether oxygens (including phenoxy) is 3. The summed E-state index contributed by atoms with van der Waals surface area (Å²) in [7, 11) is 7.15. The molecule has 0 aromatic heterocycles. The minimum atomic E-state index is -0.189. The van der Waals surface area contributed by atoms with E-state index in [0.717, 1.165) is 11.3 Å². The van der Waals surface area contributed by atoms with Crippen molar-refractivity contribution in [3.63, 3.8) is 0 Å². The zero-order valence-corrected chi connectivity index (χ0v) is 15.7. The highest BCUT2D eigenvalue weighted by molar-refractivity contribution is 5.77. The van der Waals surface area contributed by atoms with Crippen molar-refractivity contribution in [1.82, 2.24) is 10.2 Å². The number of para-hydroxylation sites is 2. The van der Waals surface area contributed by atoms with Crippen LogP contribution in [0.15, 0.2) is 48.5 Å². The maximum absolute atomic E-state index is 12.2. The quantitative estimate of drug-likeness (QED) is 0.746. The number of benzene rings is 2. The first-order valence-electron chi connectivity index (χ1n) is 8.38. The van der Waals surface area contributed by atoms with E-state index in [1.807, 2.05) is 50.5 Å². The number of likely N-dealkylation sites (N-methyl/N-ethyl adjacent to an activating group) is 1. The molecule has 0 fully saturated rings. The van der Waals surface area contributed by atoms with Gasteiger partial charge < -0.3 is 24.4 Å². The standard InChI is InChI=1S/C20H26N2O4/c1-22(2)17(15-8-7-9-16(12-15)24-3)13-21-20(23)14-26-19-11-6-5-10-18(19)25-4/h5-12,17H,13-14H2,1-4H3,(H,21,23). The molecule has 2 rings (SSSR count). The second-order valence-electron chi connectivity index (χ2n) is 6.00. The van der Waals surface area contributed by atoms with E-state index in [1.54, 1.807) is 26.4 Å². The molecule has 1 unspecified atom stereocenters. The lowest BCUT2D eigenvalue weighted by molar-refractivity contribution is -0.123. The Balaban J connectivity index is 1.93. The van der Waals surface area contributed by atoms with Crippen LogP contribution >= 0.6 is 0 Å². The van der Waals surface area contributed by atoms with Gasteiger partial charge in [-0.25, -0.2) is 0 Å². The van der Waals surface area contributed by atoms with Crippen molar-refractivity contribution in [2.75, 3.05) is 41.5 Å². The third-order valence-electron chi connectivity index (χ3n) is 4.02. The van der Waals surface area contributed by atoms with Crippen LogP contribution < -0.4 is 19.5 Å². The number of amides is 1. The van der Waals surface area contributed by atoms with E-state index >= 15 is 0 Å². The largest absolute Gasteiger partial charge is 0.497 e. The highest BCUT2D eigenvalue weighted by Gasteiger charge is 2.16. The van der Waals surface area contributed by atoms with Crippen molar-refractivity contribution in [3.8, 4) is 17.2 Å². The lowest BCUT2D eigenvalue weighted by Crippen LogP contribution is -2.36. The summed E-state index contributed by atoms with van der Waals surface area (Å²) in [5, 5.41) is 2.92. The molecule has 26 heavy (non-hydrogen) atoms. The molecule has 0 heterocycles. The fraction of sp³-hybridized carbons (Fsp3) is 0.350. The van der Waals surface area contributed by atoms with Gasteiger partial charge in [0.15, 0.2) is 18.1 Å². The molecule has 1 atom stereocenters. The van der Waals surface area contributed by atoms with Gasteiger partial charge in [0.2, 0.25) is 0 Å². The van der Waals surface area contributed by atoms with Crippen LogP contribution in [0.1, 0.15) is 11.6 Å². The molecule has 0 spiro atoms. The number of hydrogen-bond donors (Lipinski definition) is 1. The molecule has 1 N–H and O–H groups in total. The first-order valence-corrected chi connectivity index (χ1v) is 8.38. The van der Waals surface area contributed by atoms with Crippen molar-refractivity contribution in [1.29, 1.82) is 0 Å². The minimum Gasteiger partial charge on any atom is -0.497 e. The van der Waals surface area contributed by atoms with Gasteiger partial charge in [0.25, 0.3) is 5.91 Å². The number of nitrogens with one attached hydrogen (secondary N) is 1. The molecule has 6 nitrogen and oxygen atoms in total.